The van der Waals surface area contributed by atoms with Gasteiger partial charge in [0.2, 0.25) is 0 Å². The molecule has 1 fully saturated rings. The normalized spacial score (nSPS) is 18.9. The molecule has 0 atom stereocenters. The number of carbonyl (C=O) groups is 1. The Morgan fingerprint density at radius 2 is 1.72 bits per heavy atom. The van der Waals surface area contributed by atoms with Gasteiger partial charge in [0.1, 0.15) is 5.60 Å². The van der Waals surface area contributed by atoms with Crippen LogP contribution in [0, 0.1) is 11.3 Å². The Bertz CT molecular complexity index is 286. The molecule has 0 unspecified atom stereocenters. The van der Waals surface area contributed by atoms with Crippen molar-refractivity contribution in [1.82, 2.24) is 4.90 Å². The minimum atomic E-state index is -0.432. The zero-order chi connectivity index (χ0) is 14.0. The third-order valence-electron chi connectivity index (χ3n) is 3.66. The van der Waals surface area contributed by atoms with Crippen LogP contribution in [-0.4, -0.2) is 41.4 Å². The van der Waals surface area contributed by atoms with Gasteiger partial charge in [-0.25, -0.2) is 4.79 Å². The first-order chi connectivity index (χ1) is 8.15. The van der Waals surface area contributed by atoms with E-state index in [1.54, 1.807) is 4.90 Å². The number of carbonyl (C=O) groups excluding carboxylic acids is 1. The van der Waals surface area contributed by atoms with E-state index in [1.807, 2.05) is 20.8 Å². The van der Waals surface area contributed by atoms with Gasteiger partial charge in [0.05, 0.1) is 0 Å². The molecule has 1 aliphatic heterocycles. The molecule has 0 aliphatic carbocycles. The smallest absolute Gasteiger partial charge is 0.410 e. The summed E-state index contributed by atoms with van der Waals surface area (Å²) in [5, 5.41) is 9.37. The maximum absolute atomic E-state index is 11.9. The Labute approximate surface area is 110 Å². The molecular weight excluding hydrogens is 230 g/mol. The number of likely N-dealkylation sites (tertiary alicyclic amines) is 1. The molecule has 18 heavy (non-hydrogen) atoms. The van der Waals surface area contributed by atoms with Crippen LogP contribution in [0.5, 0.6) is 0 Å². The lowest BCUT2D eigenvalue weighted by Crippen LogP contribution is -2.44. The Morgan fingerprint density at radius 3 is 2.11 bits per heavy atom. The summed E-state index contributed by atoms with van der Waals surface area (Å²) < 4.78 is 5.36. The molecule has 0 spiro atoms. The Balaban J connectivity index is 2.47. The average Bonchev–Trinajstić information content (AvgIpc) is 2.27. The fraction of sp³-hybridized carbons (Fsp3) is 0.929. The monoisotopic (exact) mass is 257 g/mol. The van der Waals surface area contributed by atoms with Gasteiger partial charge in [0, 0.05) is 19.7 Å². The summed E-state index contributed by atoms with van der Waals surface area (Å²) in [6.45, 7) is 11.5. The quantitative estimate of drug-likeness (QED) is 0.827. The molecule has 0 aromatic rings. The number of rotatable bonds is 2. The second kappa shape index (κ2) is 5.47. The summed E-state index contributed by atoms with van der Waals surface area (Å²) >= 11 is 0. The van der Waals surface area contributed by atoms with Crippen molar-refractivity contribution in [3.63, 3.8) is 0 Å². The first-order valence-electron chi connectivity index (χ1n) is 6.74. The van der Waals surface area contributed by atoms with E-state index in [4.69, 9.17) is 4.74 Å². The molecule has 0 radical (unpaired) electrons. The lowest BCUT2D eigenvalue weighted by molar-refractivity contribution is 0.00545. The highest BCUT2D eigenvalue weighted by atomic mass is 16.6. The number of hydrogen-bond donors (Lipinski definition) is 1. The molecule has 0 saturated carbocycles. The Kier molecular flexibility index (Phi) is 4.65. The second-order valence-corrected chi connectivity index (χ2v) is 6.89. The standard InChI is InChI=1S/C14H27NO3/c1-13(2,3)18-12(17)15-8-6-11(7-9-15)14(4,5)10-16/h11,16H,6-10H2,1-5H3. The zero-order valence-corrected chi connectivity index (χ0v) is 12.3. The van der Waals surface area contributed by atoms with E-state index < -0.39 is 5.60 Å². The van der Waals surface area contributed by atoms with E-state index in [0.717, 1.165) is 25.9 Å². The molecule has 1 amide bonds. The lowest BCUT2D eigenvalue weighted by atomic mass is 9.74. The van der Waals surface area contributed by atoms with Gasteiger partial charge in [0.15, 0.2) is 0 Å². The van der Waals surface area contributed by atoms with Crippen LogP contribution in [0.2, 0.25) is 0 Å². The zero-order valence-electron chi connectivity index (χ0n) is 12.3. The first kappa shape index (κ1) is 15.3. The first-order valence-corrected chi connectivity index (χ1v) is 6.74. The fourth-order valence-electron chi connectivity index (χ4n) is 2.30. The molecule has 0 bridgehead atoms. The summed E-state index contributed by atoms with van der Waals surface area (Å²) in [6.07, 6.45) is 1.65. The van der Waals surface area contributed by atoms with Crippen LogP contribution < -0.4 is 0 Å². The maximum Gasteiger partial charge on any atom is 0.410 e. The van der Waals surface area contributed by atoms with Crippen molar-refractivity contribution >= 4 is 6.09 Å². The second-order valence-electron chi connectivity index (χ2n) is 6.89. The highest BCUT2D eigenvalue weighted by molar-refractivity contribution is 5.68. The van der Waals surface area contributed by atoms with E-state index >= 15 is 0 Å². The topological polar surface area (TPSA) is 49.8 Å². The summed E-state index contributed by atoms with van der Waals surface area (Å²) in [6, 6.07) is 0. The highest BCUT2D eigenvalue weighted by Crippen LogP contribution is 2.34. The molecule has 4 nitrogen and oxygen atoms in total. The van der Waals surface area contributed by atoms with E-state index in [-0.39, 0.29) is 18.1 Å². The maximum atomic E-state index is 11.9. The molecule has 4 heteroatoms. The van der Waals surface area contributed by atoms with Crippen LogP contribution in [-0.2, 0) is 4.74 Å². The van der Waals surface area contributed by atoms with Gasteiger partial charge in [-0.2, -0.15) is 0 Å². The minimum absolute atomic E-state index is 0.0555. The van der Waals surface area contributed by atoms with Crippen molar-refractivity contribution in [1.29, 1.82) is 0 Å². The number of nitrogens with zero attached hydrogens (tertiary/aromatic N) is 1. The van der Waals surface area contributed by atoms with Gasteiger partial charge in [-0.15, -0.1) is 0 Å². The molecule has 1 aliphatic rings. The van der Waals surface area contributed by atoms with E-state index in [1.165, 1.54) is 0 Å². The third-order valence-corrected chi connectivity index (χ3v) is 3.66. The molecule has 0 aromatic heterocycles. The predicted octanol–water partition coefficient (Wildman–Crippen LogP) is 2.65. The van der Waals surface area contributed by atoms with E-state index in [9.17, 15) is 9.90 Å². The van der Waals surface area contributed by atoms with Crippen molar-refractivity contribution in [3.05, 3.63) is 0 Å². The van der Waals surface area contributed by atoms with Gasteiger partial charge in [0.25, 0.3) is 0 Å². The van der Waals surface area contributed by atoms with Gasteiger partial charge < -0.3 is 14.7 Å². The van der Waals surface area contributed by atoms with Crippen LogP contribution >= 0.6 is 0 Å². The van der Waals surface area contributed by atoms with Gasteiger partial charge in [-0.3, -0.25) is 0 Å². The van der Waals surface area contributed by atoms with Crippen molar-refractivity contribution in [2.24, 2.45) is 11.3 Å². The van der Waals surface area contributed by atoms with Crippen molar-refractivity contribution in [3.8, 4) is 0 Å². The number of hydrogen-bond acceptors (Lipinski definition) is 3. The molecule has 1 saturated heterocycles. The van der Waals surface area contributed by atoms with Crippen LogP contribution in [0.25, 0.3) is 0 Å². The average molecular weight is 257 g/mol. The Morgan fingerprint density at radius 1 is 1.22 bits per heavy atom. The number of aliphatic hydroxyl groups excluding tert-OH is 1. The molecule has 106 valence electrons. The molecule has 1 rings (SSSR count). The highest BCUT2D eigenvalue weighted by Gasteiger charge is 2.34. The Hall–Kier alpha value is -0.770. The molecule has 1 N–H and O–H groups in total. The number of amides is 1. The largest absolute Gasteiger partial charge is 0.444 e. The van der Waals surface area contributed by atoms with Crippen LogP contribution in [0.1, 0.15) is 47.5 Å². The van der Waals surface area contributed by atoms with Gasteiger partial charge >= 0.3 is 6.09 Å². The van der Waals surface area contributed by atoms with Crippen molar-refractivity contribution in [2.45, 2.75) is 53.1 Å². The summed E-state index contributed by atoms with van der Waals surface area (Å²) in [4.78, 5) is 13.7. The van der Waals surface area contributed by atoms with Crippen LogP contribution in [0.15, 0.2) is 0 Å². The van der Waals surface area contributed by atoms with Crippen LogP contribution in [0.3, 0.4) is 0 Å². The van der Waals surface area contributed by atoms with Crippen molar-refractivity contribution in [2.75, 3.05) is 19.7 Å². The fourth-order valence-corrected chi connectivity index (χ4v) is 2.30. The lowest BCUT2D eigenvalue weighted by Gasteiger charge is -2.40. The number of piperidine rings is 1. The molecule has 1 heterocycles. The van der Waals surface area contributed by atoms with E-state index in [0.29, 0.717) is 5.92 Å². The molecular formula is C14H27NO3. The minimum Gasteiger partial charge on any atom is -0.444 e. The van der Waals surface area contributed by atoms with Crippen molar-refractivity contribution < 1.29 is 14.6 Å². The SMILES string of the molecule is CC(C)(C)OC(=O)N1CCC(C(C)(C)CO)CC1. The summed E-state index contributed by atoms with van der Waals surface area (Å²) in [5.74, 6) is 0.473. The number of ether oxygens (including phenoxy) is 1. The van der Waals surface area contributed by atoms with E-state index in [2.05, 4.69) is 13.8 Å². The van der Waals surface area contributed by atoms with Gasteiger partial charge in [-0.05, 0) is 44.9 Å². The van der Waals surface area contributed by atoms with Gasteiger partial charge in [-0.1, -0.05) is 13.8 Å². The third kappa shape index (κ3) is 4.16. The summed E-state index contributed by atoms with van der Waals surface area (Å²) in [5.41, 5.74) is -0.488. The number of aliphatic hydroxyl groups is 1. The van der Waals surface area contributed by atoms with Crippen LogP contribution in [0.4, 0.5) is 4.79 Å². The summed E-state index contributed by atoms with van der Waals surface area (Å²) in [7, 11) is 0. The predicted molar refractivity (Wildman–Crippen MR) is 71.4 cm³/mol. The molecule has 0 aromatic carbocycles.